The largest absolute Gasteiger partial charge is 0.481 e. The van der Waals surface area contributed by atoms with E-state index in [1.807, 2.05) is 6.92 Å². The Morgan fingerprint density at radius 2 is 2.18 bits per heavy atom. The van der Waals surface area contributed by atoms with E-state index in [0.29, 0.717) is 19.3 Å². The molecule has 11 heavy (non-hydrogen) atoms. The SMILES string of the molecule is CCC(O)C1(C(=O)O)CCC1. The number of rotatable bonds is 3. The highest BCUT2D eigenvalue weighted by molar-refractivity contribution is 5.76. The first-order chi connectivity index (χ1) is 5.13. The summed E-state index contributed by atoms with van der Waals surface area (Å²) >= 11 is 0. The molecule has 0 aromatic rings. The van der Waals surface area contributed by atoms with Gasteiger partial charge in [0, 0.05) is 0 Å². The first-order valence-electron chi connectivity index (χ1n) is 4.05. The summed E-state index contributed by atoms with van der Waals surface area (Å²) in [5.41, 5.74) is -0.797. The molecule has 0 aromatic heterocycles. The molecule has 0 heterocycles. The molecule has 1 aliphatic carbocycles. The van der Waals surface area contributed by atoms with E-state index >= 15 is 0 Å². The third-order valence-electron chi connectivity index (χ3n) is 2.70. The summed E-state index contributed by atoms with van der Waals surface area (Å²) in [5, 5.41) is 18.2. The average Bonchev–Trinajstić information content (AvgIpc) is 1.84. The Morgan fingerprint density at radius 1 is 1.64 bits per heavy atom. The molecule has 3 heteroatoms. The standard InChI is InChI=1S/C8H14O3/c1-2-6(9)8(7(10)11)4-3-5-8/h6,9H,2-5H2,1H3,(H,10,11). The second-order valence-electron chi connectivity index (χ2n) is 3.24. The third kappa shape index (κ3) is 1.13. The van der Waals surface area contributed by atoms with Gasteiger partial charge in [0.25, 0.3) is 0 Å². The van der Waals surface area contributed by atoms with Crippen molar-refractivity contribution in [1.82, 2.24) is 0 Å². The molecule has 1 fully saturated rings. The minimum absolute atomic E-state index is 0.534. The van der Waals surface area contributed by atoms with Crippen molar-refractivity contribution >= 4 is 5.97 Å². The molecule has 0 saturated heterocycles. The summed E-state index contributed by atoms with van der Waals surface area (Å²) in [6.45, 7) is 1.81. The van der Waals surface area contributed by atoms with Crippen LogP contribution in [0.15, 0.2) is 0 Å². The molecular weight excluding hydrogens is 144 g/mol. The Morgan fingerprint density at radius 3 is 2.27 bits per heavy atom. The predicted molar refractivity (Wildman–Crippen MR) is 40.2 cm³/mol. The van der Waals surface area contributed by atoms with Gasteiger partial charge in [0.1, 0.15) is 0 Å². The monoisotopic (exact) mass is 158 g/mol. The third-order valence-corrected chi connectivity index (χ3v) is 2.70. The van der Waals surface area contributed by atoms with Crippen molar-refractivity contribution in [3.8, 4) is 0 Å². The van der Waals surface area contributed by atoms with Gasteiger partial charge < -0.3 is 10.2 Å². The zero-order chi connectivity index (χ0) is 8.48. The summed E-state index contributed by atoms with van der Waals surface area (Å²) in [6.07, 6.45) is 2.08. The second-order valence-corrected chi connectivity index (χ2v) is 3.24. The number of aliphatic hydroxyl groups excluding tert-OH is 1. The molecule has 64 valence electrons. The Hall–Kier alpha value is -0.570. The molecule has 0 spiro atoms. The molecule has 1 rings (SSSR count). The normalized spacial score (nSPS) is 23.8. The van der Waals surface area contributed by atoms with Crippen LogP contribution in [0.5, 0.6) is 0 Å². The van der Waals surface area contributed by atoms with Gasteiger partial charge in [-0.15, -0.1) is 0 Å². The van der Waals surface area contributed by atoms with Crippen molar-refractivity contribution in [2.75, 3.05) is 0 Å². The van der Waals surface area contributed by atoms with E-state index < -0.39 is 17.5 Å². The predicted octanol–water partition coefficient (Wildman–Crippen LogP) is 1.01. The van der Waals surface area contributed by atoms with Crippen LogP contribution in [0.25, 0.3) is 0 Å². The topological polar surface area (TPSA) is 57.5 Å². The number of aliphatic carboxylic acids is 1. The summed E-state index contributed by atoms with van der Waals surface area (Å²) in [5.74, 6) is -0.835. The fourth-order valence-electron chi connectivity index (χ4n) is 1.64. The summed E-state index contributed by atoms with van der Waals surface area (Å²) in [6, 6.07) is 0. The molecule has 3 nitrogen and oxygen atoms in total. The fourth-order valence-corrected chi connectivity index (χ4v) is 1.64. The molecular formula is C8H14O3. The van der Waals surface area contributed by atoms with E-state index in [-0.39, 0.29) is 0 Å². The number of aliphatic hydroxyl groups is 1. The highest BCUT2D eigenvalue weighted by atomic mass is 16.4. The number of hydrogen-bond acceptors (Lipinski definition) is 2. The van der Waals surface area contributed by atoms with E-state index in [1.165, 1.54) is 0 Å². The maximum absolute atomic E-state index is 10.7. The molecule has 1 aliphatic rings. The van der Waals surface area contributed by atoms with Crippen LogP contribution < -0.4 is 0 Å². The number of carboxylic acid groups (broad SMARTS) is 1. The molecule has 1 atom stereocenters. The van der Waals surface area contributed by atoms with Gasteiger partial charge in [-0.3, -0.25) is 4.79 Å². The molecule has 0 bridgehead atoms. The molecule has 0 amide bonds. The van der Waals surface area contributed by atoms with Crippen molar-refractivity contribution in [3.05, 3.63) is 0 Å². The lowest BCUT2D eigenvalue weighted by molar-refractivity contribution is -0.165. The average molecular weight is 158 g/mol. The van der Waals surface area contributed by atoms with Crippen molar-refractivity contribution in [1.29, 1.82) is 0 Å². The molecule has 1 unspecified atom stereocenters. The van der Waals surface area contributed by atoms with Crippen LogP contribution in [-0.2, 0) is 4.79 Å². The van der Waals surface area contributed by atoms with Gasteiger partial charge in [0.15, 0.2) is 0 Å². The second kappa shape index (κ2) is 2.81. The Kier molecular flexibility index (Phi) is 2.18. The van der Waals surface area contributed by atoms with E-state index in [2.05, 4.69) is 0 Å². The maximum Gasteiger partial charge on any atom is 0.312 e. The fraction of sp³-hybridized carbons (Fsp3) is 0.875. The summed E-state index contributed by atoms with van der Waals surface area (Å²) in [7, 11) is 0. The highest BCUT2D eigenvalue weighted by Gasteiger charge is 2.49. The van der Waals surface area contributed by atoms with Crippen LogP contribution >= 0.6 is 0 Å². The van der Waals surface area contributed by atoms with Crippen LogP contribution in [0.1, 0.15) is 32.6 Å². The van der Waals surface area contributed by atoms with Gasteiger partial charge in [0.05, 0.1) is 11.5 Å². The lowest BCUT2D eigenvalue weighted by atomic mass is 9.64. The summed E-state index contributed by atoms with van der Waals surface area (Å²) < 4.78 is 0. The van der Waals surface area contributed by atoms with Gasteiger partial charge in [-0.1, -0.05) is 13.3 Å². The Bertz CT molecular complexity index is 161. The zero-order valence-corrected chi connectivity index (χ0v) is 6.71. The van der Waals surface area contributed by atoms with Crippen LogP contribution in [0.3, 0.4) is 0 Å². The van der Waals surface area contributed by atoms with E-state index in [0.717, 1.165) is 6.42 Å². The van der Waals surface area contributed by atoms with Crippen molar-refractivity contribution < 1.29 is 15.0 Å². The molecule has 0 aliphatic heterocycles. The van der Waals surface area contributed by atoms with Crippen LogP contribution in [-0.4, -0.2) is 22.3 Å². The lowest BCUT2D eigenvalue weighted by Crippen LogP contribution is -2.47. The summed E-state index contributed by atoms with van der Waals surface area (Å²) in [4.78, 5) is 10.7. The molecule has 0 radical (unpaired) electrons. The quantitative estimate of drug-likeness (QED) is 0.644. The molecule has 2 N–H and O–H groups in total. The van der Waals surface area contributed by atoms with Crippen LogP contribution in [0.4, 0.5) is 0 Å². The lowest BCUT2D eigenvalue weighted by Gasteiger charge is -2.41. The van der Waals surface area contributed by atoms with Gasteiger partial charge in [-0.25, -0.2) is 0 Å². The zero-order valence-electron chi connectivity index (χ0n) is 6.71. The number of hydrogen-bond donors (Lipinski definition) is 2. The van der Waals surface area contributed by atoms with Gasteiger partial charge >= 0.3 is 5.97 Å². The molecule has 1 saturated carbocycles. The minimum atomic E-state index is -0.835. The maximum atomic E-state index is 10.7. The minimum Gasteiger partial charge on any atom is -0.481 e. The Labute approximate surface area is 66.0 Å². The Balaban J connectivity index is 2.67. The van der Waals surface area contributed by atoms with Crippen LogP contribution in [0.2, 0.25) is 0 Å². The van der Waals surface area contributed by atoms with E-state index in [1.54, 1.807) is 0 Å². The van der Waals surface area contributed by atoms with Crippen LogP contribution in [0, 0.1) is 5.41 Å². The first-order valence-corrected chi connectivity index (χ1v) is 4.05. The van der Waals surface area contributed by atoms with Crippen molar-refractivity contribution in [3.63, 3.8) is 0 Å². The van der Waals surface area contributed by atoms with Gasteiger partial charge in [0.2, 0.25) is 0 Å². The van der Waals surface area contributed by atoms with Crippen molar-refractivity contribution in [2.24, 2.45) is 5.41 Å². The van der Waals surface area contributed by atoms with E-state index in [4.69, 9.17) is 5.11 Å². The highest BCUT2D eigenvalue weighted by Crippen LogP contribution is 2.45. The van der Waals surface area contributed by atoms with Crippen molar-refractivity contribution in [2.45, 2.75) is 38.7 Å². The molecule has 0 aromatic carbocycles. The van der Waals surface area contributed by atoms with Gasteiger partial charge in [-0.05, 0) is 19.3 Å². The number of carbonyl (C=O) groups is 1. The number of carboxylic acids is 1. The first kappa shape index (κ1) is 8.53. The van der Waals surface area contributed by atoms with Gasteiger partial charge in [-0.2, -0.15) is 0 Å². The smallest absolute Gasteiger partial charge is 0.312 e. The van der Waals surface area contributed by atoms with E-state index in [9.17, 15) is 9.90 Å².